The summed E-state index contributed by atoms with van der Waals surface area (Å²) in [6.07, 6.45) is 0.409. The molecule has 0 aliphatic heterocycles. The Kier molecular flexibility index (Phi) is 4.73. The van der Waals surface area contributed by atoms with Crippen molar-refractivity contribution in [3.8, 4) is 0 Å². The molecular formula is C16H13F3N6. The van der Waals surface area contributed by atoms with Crippen molar-refractivity contribution in [1.29, 1.82) is 0 Å². The van der Waals surface area contributed by atoms with E-state index in [1.807, 2.05) is 12.1 Å². The standard InChI is InChI=1S/C16H13F3N6/c17-16(18,19)12-3-5-13(6-4-12)23-14-10-22-25-15(24-14)21-9-11-2-1-7-20-8-11/h1-8,10H,9H2,(H2,21,23,24,25). The molecule has 0 amide bonds. The van der Waals surface area contributed by atoms with E-state index in [0.717, 1.165) is 17.7 Å². The zero-order valence-corrected chi connectivity index (χ0v) is 12.8. The minimum Gasteiger partial charge on any atom is -0.349 e. The zero-order valence-electron chi connectivity index (χ0n) is 12.8. The first kappa shape index (κ1) is 16.6. The van der Waals surface area contributed by atoms with Gasteiger partial charge in [0.05, 0.1) is 11.8 Å². The molecule has 9 heteroatoms. The summed E-state index contributed by atoms with van der Waals surface area (Å²) >= 11 is 0. The molecule has 3 aromatic rings. The summed E-state index contributed by atoms with van der Waals surface area (Å²) in [5.74, 6) is 0.657. The summed E-state index contributed by atoms with van der Waals surface area (Å²) in [5, 5.41) is 13.6. The molecule has 2 N–H and O–H groups in total. The maximum absolute atomic E-state index is 12.6. The lowest BCUT2D eigenvalue weighted by atomic mass is 10.2. The Morgan fingerprint density at radius 1 is 1.00 bits per heavy atom. The van der Waals surface area contributed by atoms with E-state index in [4.69, 9.17) is 0 Å². The molecule has 128 valence electrons. The van der Waals surface area contributed by atoms with Crippen molar-refractivity contribution in [2.24, 2.45) is 0 Å². The van der Waals surface area contributed by atoms with E-state index in [0.29, 0.717) is 24.0 Å². The molecule has 2 heterocycles. The van der Waals surface area contributed by atoms with Gasteiger partial charge < -0.3 is 10.6 Å². The Hall–Kier alpha value is -3.23. The Bertz CT molecular complexity index is 821. The predicted octanol–water partition coefficient (Wildman–Crippen LogP) is 3.64. The lowest BCUT2D eigenvalue weighted by Crippen LogP contribution is -2.07. The molecule has 3 rings (SSSR count). The van der Waals surface area contributed by atoms with Crippen LogP contribution in [0.25, 0.3) is 0 Å². The molecule has 0 aliphatic rings. The third kappa shape index (κ3) is 4.63. The van der Waals surface area contributed by atoms with Crippen LogP contribution in [0.2, 0.25) is 0 Å². The highest BCUT2D eigenvalue weighted by atomic mass is 19.4. The summed E-state index contributed by atoms with van der Waals surface area (Å²) < 4.78 is 37.7. The minimum absolute atomic E-state index is 0.292. The van der Waals surface area contributed by atoms with Crippen LogP contribution in [0, 0.1) is 0 Å². The molecular weight excluding hydrogens is 333 g/mol. The van der Waals surface area contributed by atoms with Crippen LogP contribution < -0.4 is 10.6 Å². The summed E-state index contributed by atoms with van der Waals surface area (Å²) in [4.78, 5) is 8.22. The first-order chi connectivity index (χ1) is 12.0. The van der Waals surface area contributed by atoms with Gasteiger partial charge in [0, 0.05) is 24.6 Å². The average molecular weight is 346 g/mol. The lowest BCUT2D eigenvalue weighted by Gasteiger charge is -2.09. The second kappa shape index (κ2) is 7.12. The SMILES string of the molecule is FC(F)(F)c1ccc(Nc2cnnc(NCc3cccnc3)n2)cc1. The number of halogens is 3. The van der Waals surface area contributed by atoms with E-state index in [2.05, 4.69) is 30.8 Å². The summed E-state index contributed by atoms with van der Waals surface area (Å²) in [5.41, 5.74) is 0.705. The highest BCUT2D eigenvalue weighted by molar-refractivity contribution is 5.56. The van der Waals surface area contributed by atoms with Crippen LogP contribution in [-0.4, -0.2) is 20.2 Å². The quantitative estimate of drug-likeness (QED) is 0.735. The topological polar surface area (TPSA) is 75.6 Å². The monoisotopic (exact) mass is 346 g/mol. The van der Waals surface area contributed by atoms with Gasteiger partial charge in [0.25, 0.3) is 0 Å². The van der Waals surface area contributed by atoms with Gasteiger partial charge in [-0.2, -0.15) is 23.3 Å². The van der Waals surface area contributed by atoms with Gasteiger partial charge in [-0.1, -0.05) is 6.07 Å². The van der Waals surface area contributed by atoms with Crippen molar-refractivity contribution >= 4 is 17.5 Å². The van der Waals surface area contributed by atoms with Gasteiger partial charge in [0.1, 0.15) is 0 Å². The van der Waals surface area contributed by atoms with Crippen LogP contribution in [0.5, 0.6) is 0 Å². The number of anilines is 3. The molecule has 0 spiro atoms. The van der Waals surface area contributed by atoms with Crippen LogP contribution in [0.3, 0.4) is 0 Å². The molecule has 0 unspecified atom stereocenters. The van der Waals surface area contributed by atoms with E-state index in [1.165, 1.54) is 18.3 Å². The van der Waals surface area contributed by atoms with Gasteiger partial charge >= 0.3 is 6.18 Å². The summed E-state index contributed by atoms with van der Waals surface area (Å²) in [6, 6.07) is 8.37. The van der Waals surface area contributed by atoms with Crippen molar-refractivity contribution in [1.82, 2.24) is 20.2 Å². The van der Waals surface area contributed by atoms with Gasteiger partial charge in [0.15, 0.2) is 5.82 Å². The number of hydrogen-bond acceptors (Lipinski definition) is 6. The number of nitrogens with zero attached hydrogens (tertiary/aromatic N) is 4. The highest BCUT2D eigenvalue weighted by Crippen LogP contribution is 2.30. The molecule has 6 nitrogen and oxygen atoms in total. The van der Waals surface area contributed by atoms with Crippen molar-refractivity contribution in [2.75, 3.05) is 10.6 Å². The van der Waals surface area contributed by atoms with E-state index in [9.17, 15) is 13.2 Å². The Balaban J connectivity index is 1.65. The fourth-order valence-corrected chi connectivity index (χ4v) is 2.01. The van der Waals surface area contributed by atoms with E-state index in [1.54, 1.807) is 12.4 Å². The second-order valence-electron chi connectivity index (χ2n) is 5.08. The van der Waals surface area contributed by atoms with E-state index in [-0.39, 0.29) is 0 Å². The molecule has 0 atom stereocenters. The van der Waals surface area contributed by atoms with Crippen LogP contribution in [0.4, 0.5) is 30.6 Å². The minimum atomic E-state index is -4.36. The van der Waals surface area contributed by atoms with Crippen molar-refractivity contribution in [3.05, 3.63) is 66.1 Å². The smallest absolute Gasteiger partial charge is 0.349 e. The van der Waals surface area contributed by atoms with E-state index < -0.39 is 11.7 Å². The van der Waals surface area contributed by atoms with Gasteiger partial charge in [-0.3, -0.25) is 4.98 Å². The average Bonchev–Trinajstić information content (AvgIpc) is 2.61. The fraction of sp³-hybridized carbons (Fsp3) is 0.125. The Morgan fingerprint density at radius 2 is 1.80 bits per heavy atom. The third-order valence-corrected chi connectivity index (χ3v) is 3.22. The maximum atomic E-state index is 12.6. The van der Waals surface area contributed by atoms with Gasteiger partial charge in [0.2, 0.25) is 5.95 Å². The highest BCUT2D eigenvalue weighted by Gasteiger charge is 2.29. The predicted molar refractivity (Wildman–Crippen MR) is 86.1 cm³/mol. The maximum Gasteiger partial charge on any atom is 0.416 e. The van der Waals surface area contributed by atoms with Crippen LogP contribution in [0.15, 0.2) is 55.0 Å². The largest absolute Gasteiger partial charge is 0.416 e. The summed E-state index contributed by atoms with van der Waals surface area (Å²) in [7, 11) is 0. The third-order valence-electron chi connectivity index (χ3n) is 3.22. The number of nitrogens with one attached hydrogen (secondary N) is 2. The second-order valence-corrected chi connectivity index (χ2v) is 5.08. The molecule has 1 aromatic carbocycles. The molecule has 0 bridgehead atoms. The summed E-state index contributed by atoms with van der Waals surface area (Å²) in [6.45, 7) is 0.471. The van der Waals surface area contributed by atoms with Crippen LogP contribution in [0.1, 0.15) is 11.1 Å². The first-order valence-electron chi connectivity index (χ1n) is 7.27. The van der Waals surface area contributed by atoms with Crippen molar-refractivity contribution < 1.29 is 13.2 Å². The van der Waals surface area contributed by atoms with Gasteiger partial charge in [-0.25, -0.2) is 0 Å². The van der Waals surface area contributed by atoms with Crippen LogP contribution in [-0.2, 0) is 12.7 Å². The molecule has 2 aromatic heterocycles. The number of rotatable bonds is 5. The van der Waals surface area contributed by atoms with Crippen molar-refractivity contribution in [3.63, 3.8) is 0 Å². The van der Waals surface area contributed by atoms with E-state index >= 15 is 0 Å². The van der Waals surface area contributed by atoms with Crippen molar-refractivity contribution in [2.45, 2.75) is 12.7 Å². The number of hydrogen-bond donors (Lipinski definition) is 2. The number of aromatic nitrogens is 4. The Morgan fingerprint density at radius 3 is 2.48 bits per heavy atom. The zero-order chi connectivity index (χ0) is 17.7. The molecule has 0 fully saturated rings. The van der Waals surface area contributed by atoms with Gasteiger partial charge in [-0.15, -0.1) is 5.10 Å². The number of alkyl halides is 3. The first-order valence-corrected chi connectivity index (χ1v) is 7.27. The fourth-order valence-electron chi connectivity index (χ4n) is 2.01. The number of pyridine rings is 1. The number of benzene rings is 1. The molecule has 25 heavy (non-hydrogen) atoms. The lowest BCUT2D eigenvalue weighted by molar-refractivity contribution is -0.137. The molecule has 0 aliphatic carbocycles. The Labute approximate surface area is 141 Å². The molecule has 0 saturated carbocycles. The molecule has 0 radical (unpaired) electrons. The normalized spacial score (nSPS) is 11.2. The molecule has 0 saturated heterocycles. The van der Waals surface area contributed by atoms with Crippen LogP contribution >= 0.6 is 0 Å². The van der Waals surface area contributed by atoms with Gasteiger partial charge in [-0.05, 0) is 35.9 Å².